The SMILES string of the molecule is Clc1nc(-c2ccccc2)nc(Cl)c1-c1ccccc1Br. The van der Waals surface area contributed by atoms with Crippen molar-refractivity contribution in [2.75, 3.05) is 0 Å². The molecule has 0 unspecified atom stereocenters. The van der Waals surface area contributed by atoms with Gasteiger partial charge in [0.1, 0.15) is 10.3 Å². The molecule has 0 spiro atoms. The van der Waals surface area contributed by atoms with Gasteiger partial charge in [0.2, 0.25) is 0 Å². The van der Waals surface area contributed by atoms with Crippen LogP contribution in [0.1, 0.15) is 0 Å². The van der Waals surface area contributed by atoms with E-state index in [0.29, 0.717) is 21.7 Å². The molecule has 0 amide bonds. The smallest absolute Gasteiger partial charge is 0.162 e. The average Bonchev–Trinajstić information content (AvgIpc) is 2.49. The van der Waals surface area contributed by atoms with Crippen molar-refractivity contribution in [1.82, 2.24) is 9.97 Å². The third-order valence-electron chi connectivity index (χ3n) is 3.00. The largest absolute Gasteiger partial charge is 0.216 e. The number of halogens is 3. The van der Waals surface area contributed by atoms with Crippen LogP contribution in [0.15, 0.2) is 59.1 Å². The van der Waals surface area contributed by atoms with E-state index in [1.54, 1.807) is 0 Å². The quantitative estimate of drug-likeness (QED) is 0.519. The summed E-state index contributed by atoms with van der Waals surface area (Å²) in [6.45, 7) is 0. The topological polar surface area (TPSA) is 25.8 Å². The van der Waals surface area contributed by atoms with Gasteiger partial charge in [-0.05, 0) is 6.07 Å². The normalized spacial score (nSPS) is 10.6. The van der Waals surface area contributed by atoms with Gasteiger partial charge in [-0.3, -0.25) is 0 Å². The molecule has 0 aliphatic heterocycles. The van der Waals surface area contributed by atoms with E-state index in [1.807, 2.05) is 54.6 Å². The van der Waals surface area contributed by atoms with Crippen molar-refractivity contribution in [3.05, 3.63) is 69.4 Å². The summed E-state index contributed by atoms with van der Waals surface area (Å²) in [6, 6.07) is 17.3. The van der Waals surface area contributed by atoms with Crippen LogP contribution in [0.3, 0.4) is 0 Å². The number of benzene rings is 2. The van der Waals surface area contributed by atoms with E-state index in [1.165, 1.54) is 0 Å². The first kappa shape index (κ1) is 14.5. The van der Waals surface area contributed by atoms with E-state index in [0.717, 1.165) is 15.6 Å². The minimum atomic E-state index is 0.334. The summed E-state index contributed by atoms with van der Waals surface area (Å²) in [5.74, 6) is 0.515. The average molecular weight is 380 g/mol. The zero-order chi connectivity index (χ0) is 14.8. The van der Waals surface area contributed by atoms with Crippen LogP contribution in [0.4, 0.5) is 0 Å². The summed E-state index contributed by atoms with van der Waals surface area (Å²) < 4.78 is 0.893. The third-order valence-corrected chi connectivity index (χ3v) is 4.23. The van der Waals surface area contributed by atoms with Crippen LogP contribution in [0.2, 0.25) is 10.3 Å². The molecule has 0 saturated heterocycles. The molecule has 2 nitrogen and oxygen atoms in total. The van der Waals surface area contributed by atoms with Gasteiger partial charge in [-0.15, -0.1) is 0 Å². The molecule has 5 heteroatoms. The molecule has 21 heavy (non-hydrogen) atoms. The Morgan fingerprint density at radius 2 is 1.33 bits per heavy atom. The highest BCUT2D eigenvalue weighted by Gasteiger charge is 2.16. The predicted octanol–water partition coefficient (Wildman–Crippen LogP) is 5.88. The Hall–Kier alpha value is -1.42. The Morgan fingerprint density at radius 1 is 0.762 bits per heavy atom. The van der Waals surface area contributed by atoms with Crippen molar-refractivity contribution in [2.24, 2.45) is 0 Å². The van der Waals surface area contributed by atoms with E-state index in [-0.39, 0.29) is 0 Å². The molecule has 3 rings (SSSR count). The lowest BCUT2D eigenvalue weighted by Gasteiger charge is -2.10. The number of hydrogen-bond acceptors (Lipinski definition) is 2. The molecule has 0 aliphatic rings. The van der Waals surface area contributed by atoms with Gasteiger partial charge in [-0.1, -0.05) is 87.7 Å². The molecule has 0 atom stereocenters. The minimum absolute atomic E-state index is 0.334. The lowest BCUT2D eigenvalue weighted by atomic mass is 10.1. The Balaban J connectivity index is 2.16. The zero-order valence-electron chi connectivity index (χ0n) is 10.7. The third kappa shape index (κ3) is 2.95. The van der Waals surface area contributed by atoms with Crippen molar-refractivity contribution in [3.8, 4) is 22.5 Å². The van der Waals surface area contributed by atoms with E-state index in [9.17, 15) is 0 Å². The minimum Gasteiger partial charge on any atom is -0.216 e. The molecule has 104 valence electrons. The first-order valence-electron chi connectivity index (χ1n) is 6.20. The van der Waals surface area contributed by atoms with Crippen LogP contribution in [0.25, 0.3) is 22.5 Å². The first-order chi connectivity index (χ1) is 10.2. The van der Waals surface area contributed by atoms with Gasteiger partial charge in [-0.25, -0.2) is 9.97 Å². The summed E-state index contributed by atoms with van der Waals surface area (Å²) in [5.41, 5.74) is 2.37. The Bertz CT molecular complexity index is 768. The van der Waals surface area contributed by atoms with Crippen molar-refractivity contribution < 1.29 is 0 Å². The molecule has 1 heterocycles. The highest BCUT2D eigenvalue weighted by molar-refractivity contribution is 9.10. The standard InChI is InChI=1S/C16H9BrCl2N2/c17-12-9-5-4-8-11(12)13-14(18)20-16(21-15(13)19)10-6-2-1-3-7-10/h1-9H. The summed E-state index contributed by atoms with van der Waals surface area (Å²) in [5, 5.41) is 0.668. The van der Waals surface area contributed by atoms with Crippen molar-refractivity contribution >= 4 is 39.1 Å². The molecule has 0 N–H and O–H groups in total. The maximum atomic E-state index is 6.33. The lowest BCUT2D eigenvalue weighted by molar-refractivity contribution is 1.18. The van der Waals surface area contributed by atoms with E-state index in [4.69, 9.17) is 23.2 Å². The lowest BCUT2D eigenvalue weighted by Crippen LogP contribution is -1.95. The first-order valence-corrected chi connectivity index (χ1v) is 7.75. The van der Waals surface area contributed by atoms with Crippen LogP contribution in [-0.2, 0) is 0 Å². The molecular formula is C16H9BrCl2N2. The molecule has 2 aromatic carbocycles. The highest BCUT2D eigenvalue weighted by atomic mass is 79.9. The van der Waals surface area contributed by atoms with Gasteiger partial charge in [0.25, 0.3) is 0 Å². The maximum Gasteiger partial charge on any atom is 0.162 e. The van der Waals surface area contributed by atoms with Crippen molar-refractivity contribution in [3.63, 3.8) is 0 Å². The summed E-state index contributed by atoms with van der Waals surface area (Å²) in [4.78, 5) is 8.74. The zero-order valence-corrected chi connectivity index (χ0v) is 13.8. The van der Waals surface area contributed by atoms with Crippen molar-refractivity contribution in [2.45, 2.75) is 0 Å². The second kappa shape index (κ2) is 6.14. The predicted molar refractivity (Wildman–Crippen MR) is 90.6 cm³/mol. The van der Waals surface area contributed by atoms with E-state index >= 15 is 0 Å². The number of nitrogens with zero attached hydrogens (tertiary/aromatic N) is 2. The number of rotatable bonds is 2. The Kier molecular flexibility index (Phi) is 4.24. The van der Waals surface area contributed by atoms with Crippen molar-refractivity contribution in [1.29, 1.82) is 0 Å². The summed E-state index contributed by atoms with van der Waals surface area (Å²) in [6.07, 6.45) is 0. The molecule has 0 aliphatic carbocycles. The van der Waals surface area contributed by atoms with E-state index in [2.05, 4.69) is 25.9 Å². The molecule has 0 fully saturated rings. The van der Waals surface area contributed by atoms with Crippen LogP contribution in [-0.4, -0.2) is 9.97 Å². The molecular weight excluding hydrogens is 371 g/mol. The second-order valence-corrected chi connectivity index (χ2v) is 5.92. The van der Waals surface area contributed by atoms with Gasteiger partial charge in [0, 0.05) is 15.6 Å². The Labute approximate surface area is 140 Å². The molecule has 0 bridgehead atoms. The highest BCUT2D eigenvalue weighted by Crippen LogP contribution is 2.37. The fraction of sp³-hybridized carbons (Fsp3) is 0. The monoisotopic (exact) mass is 378 g/mol. The Morgan fingerprint density at radius 3 is 1.95 bits per heavy atom. The number of hydrogen-bond donors (Lipinski definition) is 0. The van der Waals surface area contributed by atoms with Gasteiger partial charge in [0.15, 0.2) is 5.82 Å². The van der Waals surface area contributed by atoms with Crippen LogP contribution in [0, 0.1) is 0 Å². The van der Waals surface area contributed by atoms with Crippen LogP contribution < -0.4 is 0 Å². The van der Waals surface area contributed by atoms with Crippen LogP contribution in [0.5, 0.6) is 0 Å². The molecule has 0 radical (unpaired) electrons. The number of aromatic nitrogens is 2. The van der Waals surface area contributed by atoms with Gasteiger partial charge in [-0.2, -0.15) is 0 Å². The molecule has 3 aromatic rings. The van der Waals surface area contributed by atoms with Gasteiger partial charge < -0.3 is 0 Å². The maximum absolute atomic E-state index is 6.33. The second-order valence-electron chi connectivity index (χ2n) is 4.35. The van der Waals surface area contributed by atoms with E-state index < -0.39 is 0 Å². The van der Waals surface area contributed by atoms with Crippen LogP contribution >= 0.6 is 39.1 Å². The van der Waals surface area contributed by atoms with Gasteiger partial charge in [0.05, 0.1) is 5.56 Å². The summed E-state index contributed by atoms with van der Waals surface area (Å²) in [7, 11) is 0. The fourth-order valence-corrected chi connectivity index (χ4v) is 3.08. The van der Waals surface area contributed by atoms with Gasteiger partial charge >= 0.3 is 0 Å². The molecule has 1 aromatic heterocycles. The fourth-order valence-electron chi connectivity index (χ4n) is 2.01. The molecule has 0 saturated carbocycles. The summed E-state index contributed by atoms with van der Waals surface area (Å²) >= 11 is 16.2.